The van der Waals surface area contributed by atoms with Gasteiger partial charge >= 0.3 is 18.0 Å². The third kappa shape index (κ3) is 10.2. The number of aliphatic carboxylic acids is 2. The molecule has 11 heteroatoms. The SMILES string of the molecule is O=C(NCCSCC[C@H](NC(CCc1ccccc1)C(=O)O)C(=O)N1CCC[C@H]1C(=O)O)OCc1ccccc1. The average molecular weight is 572 g/mol. The number of carbonyl (C=O) groups is 4. The molecule has 3 atom stereocenters. The second-order valence-electron chi connectivity index (χ2n) is 9.55. The van der Waals surface area contributed by atoms with Crippen LogP contribution in [0.5, 0.6) is 0 Å². The maximum Gasteiger partial charge on any atom is 0.407 e. The number of carbonyl (C=O) groups excluding carboxylic acids is 2. The van der Waals surface area contributed by atoms with E-state index < -0.39 is 36.2 Å². The summed E-state index contributed by atoms with van der Waals surface area (Å²) in [6, 6.07) is 16.2. The lowest BCUT2D eigenvalue weighted by Gasteiger charge is -2.29. The molecule has 10 nitrogen and oxygen atoms in total. The van der Waals surface area contributed by atoms with Gasteiger partial charge in [-0.05, 0) is 49.0 Å². The first kappa shape index (κ1) is 31.0. The first-order valence-corrected chi connectivity index (χ1v) is 14.6. The molecule has 1 aliphatic heterocycles. The first-order valence-electron chi connectivity index (χ1n) is 13.4. The molecule has 3 rings (SSSR count). The first-order chi connectivity index (χ1) is 19.3. The zero-order valence-corrected chi connectivity index (χ0v) is 23.2. The van der Waals surface area contributed by atoms with Crippen LogP contribution in [0.4, 0.5) is 4.79 Å². The molecule has 1 aliphatic rings. The number of carboxylic acid groups (broad SMARTS) is 2. The predicted octanol–water partition coefficient (Wildman–Crippen LogP) is 3.16. The van der Waals surface area contributed by atoms with Gasteiger partial charge in [0, 0.05) is 18.8 Å². The number of rotatable bonds is 16. The van der Waals surface area contributed by atoms with Gasteiger partial charge in [0.15, 0.2) is 0 Å². The maximum atomic E-state index is 13.4. The number of nitrogens with one attached hydrogen (secondary N) is 2. The molecule has 40 heavy (non-hydrogen) atoms. The van der Waals surface area contributed by atoms with E-state index in [0.29, 0.717) is 50.3 Å². The highest BCUT2D eigenvalue weighted by Gasteiger charge is 2.38. The van der Waals surface area contributed by atoms with Crippen LogP contribution < -0.4 is 10.6 Å². The molecule has 4 N–H and O–H groups in total. The van der Waals surface area contributed by atoms with Crippen molar-refractivity contribution >= 4 is 35.7 Å². The van der Waals surface area contributed by atoms with Gasteiger partial charge in [0.2, 0.25) is 5.91 Å². The molecule has 216 valence electrons. The number of likely N-dealkylation sites (tertiary alicyclic amines) is 1. The molecule has 2 aromatic rings. The Morgan fingerprint density at radius 1 is 0.925 bits per heavy atom. The number of aryl methyl sites for hydroxylation is 1. The van der Waals surface area contributed by atoms with E-state index in [1.54, 1.807) is 0 Å². The van der Waals surface area contributed by atoms with E-state index >= 15 is 0 Å². The van der Waals surface area contributed by atoms with Crippen LogP contribution in [-0.2, 0) is 32.1 Å². The molecule has 0 spiro atoms. The zero-order chi connectivity index (χ0) is 28.7. The number of alkyl carbamates (subject to hydrolysis) is 1. The van der Waals surface area contributed by atoms with E-state index in [2.05, 4.69) is 10.6 Å². The Kier molecular flexibility index (Phi) is 12.8. The van der Waals surface area contributed by atoms with Crippen molar-refractivity contribution in [3.63, 3.8) is 0 Å². The summed E-state index contributed by atoms with van der Waals surface area (Å²) in [4.78, 5) is 50.4. The summed E-state index contributed by atoms with van der Waals surface area (Å²) in [5.74, 6) is -1.42. The summed E-state index contributed by atoms with van der Waals surface area (Å²) >= 11 is 1.51. The summed E-state index contributed by atoms with van der Waals surface area (Å²) in [5.41, 5.74) is 1.89. The summed E-state index contributed by atoms with van der Waals surface area (Å²) in [7, 11) is 0. The maximum absolute atomic E-state index is 13.4. The van der Waals surface area contributed by atoms with Crippen LogP contribution in [0.1, 0.15) is 36.8 Å². The molecule has 1 heterocycles. The van der Waals surface area contributed by atoms with E-state index in [4.69, 9.17) is 4.74 Å². The van der Waals surface area contributed by atoms with Gasteiger partial charge in [0.1, 0.15) is 18.7 Å². The Bertz CT molecular complexity index is 1100. The van der Waals surface area contributed by atoms with E-state index in [1.807, 2.05) is 60.7 Å². The third-order valence-corrected chi connectivity index (χ3v) is 7.68. The summed E-state index contributed by atoms with van der Waals surface area (Å²) in [5, 5.41) is 25.1. The second kappa shape index (κ2) is 16.5. The molecular weight excluding hydrogens is 534 g/mol. The van der Waals surface area contributed by atoms with Gasteiger partial charge in [0.25, 0.3) is 0 Å². The van der Waals surface area contributed by atoms with Gasteiger partial charge in [-0.2, -0.15) is 11.8 Å². The molecule has 2 amide bonds. The van der Waals surface area contributed by atoms with Crippen molar-refractivity contribution < 1.29 is 34.1 Å². The van der Waals surface area contributed by atoms with Gasteiger partial charge < -0.3 is 25.2 Å². The highest BCUT2D eigenvalue weighted by atomic mass is 32.2. The van der Waals surface area contributed by atoms with E-state index in [-0.39, 0.29) is 18.9 Å². The van der Waals surface area contributed by atoms with E-state index in [1.165, 1.54) is 16.7 Å². The number of carboxylic acids is 2. The van der Waals surface area contributed by atoms with Crippen molar-refractivity contribution in [1.29, 1.82) is 0 Å². The van der Waals surface area contributed by atoms with Gasteiger partial charge in [0.05, 0.1) is 6.04 Å². The minimum atomic E-state index is -1.06. The fourth-order valence-electron chi connectivity index (χ4n) is 4.54. The Labute approximate surface area is 238 Å². The number of hydrogen-bond donors (Lipinski definition) is 4. The molecule has 1 unspecified atom stereocenters. The molecule has 0 radical (unpaired) electrons. The Balaban J connectivity index is 1.50. The standard InChI is InChI=1S/C29H37N3O7S/c33-26(32-17-7-12-25(32)28(36)37)23(31-24(27(34)35)14-13-21-8-3-1-4-9-21)15-18-40-19-16-30-29(38)39-20-22-10-5-2-6-11-22/h1-6,8-11,23-25,31H,7,12-20H2,(H,30,38)(H,34,35)(H,36,37)/t23-,24?,25-/m0/s1. The van der Waals surface area contributed by atoms with E-state index in [9.17, 15) is 29.4 Å². The lowest BCUT2D eigenvalue weighted by atomic mass is 10.0. The quantitative estimate of drug-likeness (QED) is 0.223. The van der Waals surface area contributed by atoms with E-state index in [0.717, 1.165) is 11.1 Å². The van der Waals surface area contributed by atoms with Gasteiger partial charge in [-0.1, -0.05) is 60.7 Å². The second-order valence-corrected chi connectivity index (χ2v) is 10.8. The van der Waals surface area contributed by atoms with Crippen LogP contribution in [0.25, 0.3) is 0 Å². The van der Waals surface area contributed by atoms with Gasteiger partial charge in [-0.25, -0.2) is 9.59 Å². The lowest BCUT2D eigenvalue weighted by molar-refractivity contribution is -0.149. The number of thioether (sulfide) groups is 1. The normalized spacial score (nSPS) is 16.2. The van der Waals surface area contributed by atoms with Gasteiger partial charge in [-0.15, -0.1) is 0 Å². The highest BCUT2D eigenvalue weighted by molar-refractivity contribution is 7.99. The van der Waals surface area contributed by atoms with Crippen molar-refractivity contribution in [2.24, 2.45) is 0 Å². The number of nitrogens with zero attached hydrogens (tertiary/aromatic N) is 1. The minimum absolute atomic E-state index is 0.179. The van der Waals surface area contributed by atoms with Gasteiger partial charge in [-0.3, -0.25) is 14.9 Å². The molecule has 0 aromatic heterocycles. The fraction of sp³-hybridized carbons (Fsp3) is 0.448. The number of hydrogen-bond acceptors (Lipinski definition) is 7. The lowest BCUT2D eigenvalue weighted by Crippen LogP contribution is -2.54. The van der Waals surface area contributed by atoms with Crippen molar-refractivity contribution in [2.45, 2.75) is 56.8 Å². The third-order valence-electron chi connectivity index (χ3n) is 6.66. The number of ether oxygens (including phenoxy) is 1. The number of benzene rings is 2. The average Bonchev–Trinajstić information content (AvgIpc) is 3.46. The van der Waals surface area contributed by atoms with Crippen LogP contribution in [0.15, 0.2) is 60.7 Å². The van der Waals surface area contributed by atoms with Crippen LogP contribution in [-0.4, -0.2) is 81.8 Å². The molecule has 0 saturated carbocycles. The van der Waals surface area contributed by atoms with Crippen molar-refractivity contribution in [3.05, 3.63) is 71.8 Å². The summed E-state index contributed by atoms with van der Waals surface area (Å²) < 4.78 is 5.19. The topological polar surface area (TPSA) is 145 Å². The molecular formula is C29H37N3O7S. The minimum Gasteiger partial charge on any atom is -0.480 e. The van der Waals surface area contributed by atoms with Crippen LogP contribution in [0.3, 0.4) is 0 Å². The van der Waals surface area contributed by atoms with Crippen LogP contribution in [0, 0.1) is 0 Å². The smallest absolute Gasteiger partial charge is 0.407 e. The van der Waals surface area contributed by atoms with Crippen LogP contribution >= 0.6 is 11.8 Å². The van der Waals surface area contributed by atoms with Crippen molar-refractivity contribution in [3.8, 4) is 0 Å². The Hall–Kier alpha value is -3.57. The molecule has 1 saturated heterocycles. The molecule has 1 fully saturated rings. The Morgan fingerprint density at radius 3 is 2.25 bits per heavy atom. The highest BCUT2D eigenvalue weighted by Crippen LogP contribution is 2.20. The number of amides is 2. The monoisotopic (exact) mass is 571 g/mol. The molecule has 0 bridgehead atoms. The van der Waals surface area contributed by atoms with Crippen LogP contribution in [0.2, 0.25) is 0 Å². The largest absolute Gasteiger partial charge is 0.480 e. The molecule has 0 aliphatic carbocycles. The van der Waals surface area contributed by atoms with Crippen molar-refractivity contribution in [1.82, 2.24) is 15.5 Å². The Morgan fingerprint density at radius 2 is 1.60 bits per heavy atom. The van der Waals surface area contributed by atoms with Crippen molar-refractivity contribution in [2.75, 3.05) is 24.6 Å². The summed E-state index contributed by atoms with van der Waals surface area (Å²) in [6.45, 7) is 0.877. The predicted molar refractivity (Wildman–Crippen MR) is 152 cm³/mol. The summed E-state index contributed by atoms with van der Waals surface area (Å²) in [6.07, 6.45) is 1.58. The fourth-order valence-corrected chi connectivity index (χ4v) is 5.40. The zero-order valence-electron chi connectivity index (χ0n) is 22.4. The molecule has 2 aromatic carbocycles.